The summed E-state index contributed by atoms with van der Waals surface area (Å²) in [5, 5.41) is 16.5. The Morgan fingerprint density at radius 1 is 1.59 bits per heavy atom. The van der Waals surface area contributed by atoms with Gasteiger partial charge in [0, 0.05) is 13.1 Å². The van der Waals surface area contributed by atoms with Crippen LogP contribution in [0.15, 0.2) is 6.33 Å². The molecule has 1 aliphatic rings. The monoisotopic (exact) mass is 240 g/mol. The van der Waals surface area contributed by atoms with E-state index in [1.807, 2.05) is 0 Å². The summed E-state index contributed by atoms with van der Waals surface area (Å²) in [6, 6.07) is -0.398. The van der Waals surface area contributed by atoms with Crippen LogP contribution in [0, 0.1) is 0 Å². The van der Waals surface area contributed by atoms with Crippen molar-refractivity contribution in [1.29, 1.82) is 0 Å². The van der Waals surface area contributed by atoms with E-state index in [0.29, 0.717) is 32.1 Å². The zero-order valence-corrected chi connectivity index (χ0v) is 9.74. The Kier molecular flexibility index (Phi) is 3.70. The number of aromatic nitrogens is 3. The summed E-state index contributed by atoms with van der Waals surface area (Å²) >= 11 is 0. The SMILES string of the molecule is CC(C(=O)N1CCOCC1)n1cnnc1CO. The van der Waals surface area contributed by atoms with Crippen molar-refractivity contribution in [2.45, 2.75) is 19.6 Å². The number of carbonyl (C=O) groups excluding carboxylic acids is 1. The smallest absolute Gasteiger partial charge is 0.245 e. The summed E-state index contributed by atoms with van der Waals surface area (Å²) in [6.45, 7) is 3.93. The van der Waals surface area contributed by atoms with Crippen LogP contribution >= 0.6 is 0 Å². The molecule has 2 heterocycles. The molecule has 1 saturated heterocycles. The second kappa shape index (κ2) is 5.24. The largest absolute Gasteiger partial charge is 0.388 e. The van der Waals surface area contributed by atoms with Crippen molar-refractivity contribution in [2.24, 2.45) is 0 Å². The number of aliphatic hydroxyl groups is 1. The van der Waals surface area contributed by atoms with E-state index in [1.165, 1.54) is 6.33 Å². The predicted octanol–water partition coefficient (Wildman–Crippen LogP) is -0.810. The molecule has 17 heavy (non-hydrogen) atoms. The number of nitrogens with zero attached hydrogens (tertiary/aromatic N) is 4. The quantitative estimate of drug-likeness (QED) is 0.747. The topological polar surface area (TPSA) is 80.5 Å². The lowest BCUT2D eigenvalue weighted by atomic mass is 10.2. The van der Waals surface area contributed by atoms with E-state index in [-0.39, 0.29) is 12.5 Å². The average Bonchev–Trinajstić information content (AvgIpc) is 2.86. The number of amides is 1. The molecule has 0 radical (unpaired) electrons. The molecule has 94 valence electrons. The Bertz CT molecular complexity index is 387. The van der Waals surface area contributed by atoms with Gasteiger partial charge in [-0.3, -0.25) is 4.79 Å². The van der Waals surface area contributed by atoms with Crippen molar-refractivity contribution in [3.05, 3.63) is 12.2 Å². The van der Waals surface area contributed by atoms with Crippen LogP contribution in [0.3, 0.4) is 0 Å². The first-order chi connectivity index (χ1) is 8.24. The summed E-state index contributed by atoms with van der Waals surface area (Å²) in [5.74, 6) is 0.405. The van der Waals surface area contributed by atoms with Crippen molar-refractivity contribution < 1.29 is 14.6 Å². The first kappa shape index (κ1) is 12.0. The van der Waals surface area contributed by atoms with E-state index in [0.717, 1.165) is 0 Å². The lowest BCUT2D eigenvalue weighted by molar-refractivity contribution is -0.138. The van der Waals surface area contributed by atoms with Crippen molar-refractivity contribution >= 4 is 5.91 Å². The molecule has 1 N–H and O–H groups in total. The Morgan fingerprint density at radius 2 is 2.29 bits per heavy atom. The molecule has 1 fully saturated rings. The Hall–Kier alpha value is -1.47. The normalized spacial score (nSPS) is 18.1. The summed E-state index contributed by atoms with van der Waals surface area (Å²) in [6.07, 6.45) is 1.47. The average molecular weight is 240 g/mol. The number of hydrogen-bond donors (Lipinski definition) is 1. The molecule has 1 amide bonds. The van der Waals surface area contributed by atoms with Gasteiger partial charge in [-0.05, 0) is 6.92 Å². The number of aliphatic hydroxyl groups excluding tert-OH is 1. The van der Waals surface area contributed by atoms with Crippen LogP contribution < -0.4 is 0 Å². The number of rotatable bonds is 3. The van der Waals surface area contributed by atoms with E-state index in [4.69, 9.17) is 9.84 Å². The van der Waals surface area contributed by atoms with E-state index < -0.39 is 6.04 Å². The van der Waals surface area contributed by atoms with Gasteiger partial charge in [-0.2, -0.15) is 0 Å². The third kappa shape index (κ3) is 2.45. The highest BCUT2D eigenvalue weighted by molar-refractivity contribution is 5.80. The highest BCUT2D eigenvalue weighted by atomic mass is 16.5. The van der Waals surface area contributed by atoms with Crippen molar-refractivity contribution in [2.75, 3.05) is 26.3 Å². The molecule has 0 spiro atoms. The van der Waals surface area contributed by atoms with Gasteiger partial charge in [0.2, 0.25) is 5.91 Å². The Labute approximate surface area is 99.0 Å². The fourth-order valence-corrected chi connectivity index (χ4v) is 1.87. The lowest BCUT2D eigenvalue weighted by Crippen LogP contribution is -2.43. The maximum Gasteiger partial charge on any atom is 0.245 e. The number of carbonyl (C=O) groups is 1. The molecule has 7 nitrogen and oxygen atoms in total. The number of morpholine rings is 1. The van der Waals surface area contributed by atoms with E-state index in [1.54, 1.807) is 16.4 Å². The highest BCUT2D eigenvalue weighted by Crippen LogP contribution is 2.13. The van der Waals surface area contributed by atoms with Crippen LogP contribution in [-0.2, 0) is 16.1 Å². The lowest BCUT2D eigenvalue weighted by Gasteiger charge is -2.29. The second-order valence-electron chi connectivity index (χ2n) is 3.93. The summed E-state index contributed by atoms with van der Waals surface area (Å²) in [7, 11) is 0. The third-order valence-corrected chi connectivity index (χ3v) is 2.89. The van der Waals surface area contributed by atoms with Crippen LogP contribution in [0.25, 0.3) is 0 Å². The zero-order chi connectivity index (χ0) is 12.3. The molecule has 1 aliphatic heterocycles. The van der Waals surface area contributed by atoms with Crippen LogP contribution in [0.4, 0.5) is 0 Å². The standard InChI is InChI=1S/C10H16N4O3/c1-8(14-7-11-12-9(14)6-15)10(16)13-2-4-17-5-3-13/h7-8,15H,2-6H2,1H3. The molecule has 0 aromatic carbocycles. The summed E-state index contributed by atoms with van der Waals surface area (Å²) in [4.78, 5) is 13.9. The Balaban J connectivity index is 2.08. The predicted molar refractivity (Wildman–Crippen MR) is 58.1 cm³/mol. The minimum Gasteiger partial charge on any atom is -0.388 e. The number of ether oxygens (including phenoxy) is 1. The fourth-order valence-electron chi connectivity index (χ4n) is 1.87. The van der Waals surface area contributed by atoms with Gasteiger partial charge in [0.05, 0.1) is 13.2 Å². The Morgan fingerprint density at radius 3 is 2.94 bits per heavy atom. The van der Waals surface area contributed by atoms with Gasteiger partial charge in [0.15, 0.2) is 5.82 Å². The van der Waals surface area contributed by atoms with Crippen LogP contribution in [0.5, 0.6) is 0 Å². The van der Waals surface area contributed by atoms with Crippen molar-refractivity contribution in [3.8, 4) is 0 Å². The minimum absolute atomic E-state index is 0.00259. The maximum atomic E-state index is 12.2. The zero-order valence-electron chi connectivity index (χ0n) is 9.74. The molecule has 1 aromatic heterocycles. The van der Waals surface area contributed by atoms with E-state index >= 15 is 0 Å². The van der Waals surface area contributed by atoms with Gasteiger partial charge in [0.25, 0.3) is 0 Å². The first-order valence-electron chi connectivity index (χ1n) is 5.60. The van der Waals surface area contributed by atoms with Gasteiger partial charge >= 0.3 is 0 Å². The molecule has 1 unspecified atom stereocenters. The summed E-state index contributed by atoms with van der Waals surface area (Å²) < 4.78 is 6.79. The maximum absolute atomic E-state index is 12.2. The fraction of sp³-hybridized carbons (Fsp3) is 0.700. The first-order valence-corrected chi connectivity index (χ1v) is 5.60. The molecule has 0 bridgehead atoms. The molecule has 0 saturated carbocycles. The van der Waals surface area contributed by atoms with Crippen LogP contribution in [0.1, 0.15) is 18.8 Å². The van der Waals surface area contributed by atoms with Gasteiger partial charge in [-0.15, -0.1) is 10.2 Å². The van der Waals surface area contributed by atoms with Crippen LogP contribution in [0.2, 0.25) is 0 Å². The molecule has 1 atom stereocenters. The van der Waals surface area contributed by atoms with Crippen LogP contribution in [-0.4, -0.2) is 57.0 Å². The molecule has 2 rings (SSSR count). The van der Waals surface area contributed by atoms with Gasteiger partial charge in [-0.25, -0.2) is 0 Å². The molecule has 1 aromatic rings. The molecular formula is C10H16N4O3. The van der Waals surface area contributed by atoms with E-state index in [9.17, 15) is 4.79 Å². The molecule has 0 aliphatic carbocycles. The second-order valence-corrected chi connectivity index (χ2v) is 3.93. The van der Waals surface area contributed by atoms with E-state index in [2.05, 4.69) is 10.2 Å². The third-order valence-electron chi connectivity index (χ3n) is 2.89. The minimum atomic E-state index is -0.398. The van der Waals surface area contributed by atoms with Gasteiger partial charge in [-0.1, -0.05) is 0 Å². The van der Waals surface area contributed by atoms with Gasteiger partial charge < -0.3 is 19.3 Å². The molecule has 7 heteroatoms. The van der Waals surface area contributed by atoms with Crippen molar-refractivity contribution in [3.63, 3.8) is 0 Å². The van der Waals surface area contributed by atoms with Gasteiger partial charge in [0.1, 0.15) is 19.0 Å². The number of hydrogen-bond acceptors (Lipinski definition) is 5. The van der Waals surface area contributed by atoms with Crippen molar-refractivity contribution in [1.82, 2.24) is 19.7 Å². The molecular weight excluding hydrogens is 224 g/mol. The summed E-state index contributed by atoms with van der Waals surface area (Å²) in [5.41, 5.74) is 0. The highest BCUT2D eigenvalue weighted by Gasteiger charge is 2.25.